The molecule has 0 fully saturated rings. The van der Waals surface area contributed by atoms with Gasteiger partial charge in [-0.3, -0.25) is 9.78 Å². The molecule has 0 saturated heterocycles. The number of hydrogen-bond donors (Lipinski definition) is 1. The number of nitrogens with one attached hydrogen (secondary N) is 1. The van der Waals surface area contributed by atoms with Crippen LogP contribution in [-0.2, 0) is 6.54 Å². The van der Waals surface area contributed by atoms with Gasteiger partial charge in [0.1, 0.15) is 5.75 Å². The molecule has 0 aliphatic rings. The smallest absolute Gasteiger partial charge is 0.253 e. The van der Waals surface area contributed by atoms with Crippen molar-refractivity contribution < 1.29 is 9.53 Å². The van der Waals surface area contributed by atoms with Crippen molar-refractivity contribution in [2.24, 2.45) is 0 Å². The van der Waals surface area contributed by atoms with Crippen LogP contribution in [0, 0.1) is 13.8 Å². The number of aromatic nitrogens is 1. The predicted octanol–water partition coefficient (Wildman–Crippen LogP) is 3.85. The first-order valence-electron chi connectivity index (χ1n) is 7.35. The summed E-state index contributed by atoms with van der Waals surface area (Å²) >= 11 is 1.65. The molecule has 4 nitrogen and oxygen atoms in total. The van der Waals surface area contributed by atoms with Gasteiger partial charge in [-0.05, 0) is 49.1 Å². The molecule has 2 heterocycles. The number of fused-ring (bicyclic) bond motifs is 1. The van der Waals surface area contributed by atoms with Gasteiger partial charge >= 0.3 is 0 Å². The molecule has 118 valence electrons. The van der Waals surface area contributed by atoms with Gasteiger partial charge in [0.2, 0.25) is 0 Å². The summed E-state index contributed by atoms with van der Waals surface area (Å²) in [5.74, 6) is 0.662. The highest BCUT2D eigenvalue weighted by atomic mass is 32.1. The van der Waals surface area contributed by atoms with Crippen LogP contribution in [0.15, 0.2) is 35.7 Å². The van der Waals surface area contributed by atoms with E-state index in [0.717, 1.165) is 16.7 Å². The fourth-order valence-electron chi connectivity index (χ4n) is 2.44. The van der Waals surface area contributed by atoms with E-state index in [2.05, 4.69) is 16.4 Å². The molecular formula is C18H18N2O2S. The van der Waals surface area contributed by atoms with E-state index in [1.807, 2.05) is 43.5 Å². The molecule has 3 rings (SSSR count). The normalized spacial score (nSPS) is 10.7. The van der Waals surface area contributed by atoms with Gasteiger partial charge in [-0.25, -0.2) is 0 Å². The maximum absolute atomic E-state index is 12.5. The Labute approximate surface area is 139 Å². The Morgan fingerprint density at radius 2 is 2.09 bits per heavy atom. The summed E-state index contributed by atoms with van der Waals surface area (Å²) in [6.45, 7) is 4.45. The predicted molar refractivity (Wildman–Crippen MR) is 93.3 cm³/mol. The number of thiophene rings is 1. The minimum Gasteiger partial charge on any atom is -0.497 e. The summed E-state index contributed by atoms with van der Waals surface area (Å²) in [7, 11) is 1.63. The Kier molecular flexibility index (Phi) is 4.30. The molecular weight excluding hydrogens is 308 g/mol. The van der Waals surface area contributed by atoms with Gasteiger partial charge in [-0.15, -0.1) is 11.3 Å². The van der Waals surface area contributed by atoms with Crippen molar-refractivity contribution >= 4 is 28.1 Å². The van der Waals surface area contributed by atoms with Crippen molar-refractivity contribution in [1.82, 2.24) is 10.3 Å². The minimum atomic E-state index is -0.0967. The van der Waals surface area contributed by atoms with Crippen LogP contribution in [0.1, 0.15) is 26.5 Å². The topological polar surface area (TPSA) is 51.2 Å². The van der Waals surface area contributed by atoms with E-state index in [1.54, 1.807) is 18.4 Å². The lowest BCUT2D eigenvalue weighted by atomic mass is 10.1. The molecule has 1 aromatic carbocycles. The Morgan fingerprint density at radius 1 is 1.26 bits per heavy atom. The second kappa shape index (κ2) is 6.38. The summed E-state index contributed by atoms with van der Waals surface area (Å²) in [6, 6.07) is 9.60. The molecule has 0 spiro atoms. The number of aryl methyl sites for hydroxylation is 2. The van der Waals surface area contributed by atoms with Crippen LogP contribution in [0.5, 0.6) is 5.75 Å². The third kappa shape index (κ3) is 3.19. The van der Waals surface area contributed by atoms with Crippen LogP contribution >= 0.6 is 11.3 Å². The Bertz CT molecular complexity index is 871. The number of ether oxygens (including phenoxy) is 1. The molecule has 2 aromatic heterocycles. The fourth-order valence-corrected chi connectivity index (χ4v) is 3.29. The Morgan fingerprint density at radius 3 is 2.78 bits per heavy atom. The van der Waals surface area contributed by atoms with Crippen molar-refractivity contribution in [2.45, 2.75) is 20.4 Å². The number of methoxy groups -OCH3 is 1. The Hall–Kier alpha value is -2.40. The molecule has 23 heavy (non-hydrogen) atoms. The number of carbonyl (C=O) groups excluding carboxylic acids is 1. The quantitative estimate of drug-likeness (QED) is 0.792. The van der Waals surface area contributed by atoms with Crippen LogP contribution < -0.4 is 10.1 Å². The van der Waals surface area contributed by atoms with Gasteiger partial charge in [0, 0.05) is 16.3 Å². The van der Waals surface area contributed by atoms with E-state index in [4.69, 9.17) is 4.74 Å². The third-order valence-electron chi connectivity index (χ3n) is 3.84. The van der Waals surface area contributed by atoms with Crippen LogP contribution in [0.4, 0.5) is 0 Å². The molecule has 1 amide bonds. The SMILES string of the molecule is COc1ccc2cc(C(=O)NCc3sccc3C)c(C)nc2c1. The molecule has 1 N–H and O–H groups in total. The van der Waals surface area contributed by atoms with Crippen molar-refractivity contribution in [3.8, 4) is 5.75 Å². The first-order chi connectivity index (χ1) is 11.1. The van der Waals surface area contributed by atoms with E-state index < -0.39 is 0 Å². The number of benzene rings is 1. The van der Waals surface area contributed by atoms with E-state index in [1.165, 1.54) is 10.4 Å². The number of nitrogens with zero attached hydrogens (tertiary/aromatic N) is 1. The van der Waals surface area contributed by atoms with Crippen LogP contribution in [0.3, 0.4) is 0 Å². The number of carbonyl (C=O) groups is 1. The first kappa shape index (κ1) is 15.5. The molecule has 0 aliphatic heterocycles. The van der Waals surface area contributed by atoms with Gasteiger partial charge in [0.15, 0.2) is 0 Å². The zero-order valence-electron chi connectivity index (χ0n) is 13.3. The highest BCUT2D eigenvalue weighted by Gasteiger charge is 2.12. The zero-order valence-corrected chi connectivity index (χ0v) is 14.2. The number of rotatable bonds is 4. The van der Waals surface area contributed by atoms with Crippen LogP contribution in [0.2, 0.25) is 0 Å². The van der Waals surface area contributed by atoms with Crippen molar-refractivity contribution in [2.75, 3.05) is 7.11 Å². The summed E-state index contributed by atoms with van der Waals surface area (Å²) < 4.78 is 5.21. The molecule has 5 heteroatoms. The Balaban J connectivity index is 1.85. The molecule has 0 aliphatic carbocycles. The van der Waals surface area contributed by atoms with Gasteiger partial charge in [0.05, 0.1) is 30.4 Å². The van der Waals surface area contributed by atoms with Gasteiger partial charge in [-0.2, -0.15) is 0 Å². The van der Waals surface area contributed by atoms with E-state index in [0.29, 0.717) is 17.8 Å². The van der Waals surface area contributed by atoms with E-state index in [-0.39, 0.29) is 5.91 Å². The summed E-state index contributed by atoms with van der Waals surface area (Å²) in [5, 5.41) is 5.94. The maximum atomic E-state index is 12.5. The first-order valence-corrected chi connectivity index (χ1v) is 8.23. The summed E-state index contributed by atoms with van der Waals surface area (Å²) in [5.41, 5.74) is 3.35. The largest absolute Gasteiger partial charge is 0.497 e. The average molecular weight is 326 g/mol. The van der Waals surface area contributed by atoms with Crippen LogP contribution in [-0.4, -0.2) is 18.0 Å². The lowest BCUT2D eigenvalue weighted by Crippen LogP contribution is -2.23. The van der Waals surface area contributed by atoms with Crippen LogP contribution in [0.25, 0.3) is 10.9 Å². The van der Waals surface area contributed by atoms with Gasteiger partial charge in [-0.1, -0.05) is 0 Å². The minimum absolute atomic E-state index is 0.0967. The van der Waals surface area contributed by atoms with E-state index >= 15 is 0 Å². The van der Waals surface area contributed by atoms with Gasteiger partial charge < -0.3 is 10.1 Å². The highest BCUT2D eigenvalue weighted by molar-refractivity contribution is 7.10. The number of pyridine rings is 1. The second-order valence-corrected chi connectivity index (χ2v) is 6.39. The molecule has 0 saturated carbocycles. The summed E-state index contributed by atoms with van der Waals surface area (Å²) in [6.07, 6.45) is 0. The molecule has 3 aromatic rings. The zero-order chi connectivity index (χ0) is 16.4. The molecule has 0 radical (unpaired) electrons. The average Bonchev–Trinajstić information content (AvgIpc) is 2.96. The molecule has 0 bridgehead atoms. The molecule has 0 atom stereocenters. The fraction of sp³-hybridized carbons (Fsp3) is 0.222. The number of hydrogen-bond acceptors (Lipinski definition) is 4. The number of amides is 1. The monoisotopic (exact) mass is 326 g/mol. The lowest BCUT2D eigenvalue weighted by molar-refractivity contribution is 0.0950. The standard InChI is InChI=1S/C18H18N2O2S/c1-11-6-7-23-17(11)10-19-18(21)15-8-13-4-5-14(22-3)9-16(13)20-12(15)2/h4-9H,10H2,1-3H3,(H,19,21). The molecule has 0 unspecified atom stereocenters. The van der Waals surface area contributed by atoms with Crippen molar-refractivity contribution in [1.29, 1.82) is 0 Å². The summed E-state index contributed by atoms with van der Waals surface area (Å²) in [4.78, 5) is 18.2. The third-order valence-corrected chi connectivity index (χ3v) is 4.86. The van der Waals surface area contributed by atoms with Crippen molar-refractivity contribution in [3.63, 3.8) is 0 Å². The highest BCUT2D eigenvalue weighted by Crippen LogP contribution is 2.22. The van der Waals surface area contributed by atoms with Gasteiger partial charge in [0.25, 0.3) is 5.91 Å². The maximum Gasteiger partial charge on any atom is 0.253 e. The second-order valence-electron chi connectivity index (χ2n) is 5.39. The van der Waals surface area contributed by atoms with E-state index in [9.17, 15) is 4.79 Å². The van der Waals surface area contributed by atoms with Crippen molar-refractivity contribution in [3.05, 3.63) is 57.4 Å². The lowest BCUT2D eigenvalue weighted by Gasteiger charge is -2.09.